The van der Waals surface area contributed by atoms with Gasteiger partial charge in [0.1, 0.15) is 12.2 Å². The lowest BCUT2D eigenvalue weighted by molar-refractivity contribution is 0.576. The summed E-state index contributed by atoms with van der Waals surface area (Å²) in [6.07, 6.45) is 2.63. The Bertz CT molecular complexity index is 388. The minimum Gasteiger partial charge on any atom is -0.315 e. The van der Waals surface area contributed by atoms with E-state index in [0.717, 1.165) is 6.26 Å². The van der Waals surface area contributed by atoms with Crippen molar-refractivity contribution < 1.29 is 8.42 Å². The second-order valence-electron chi connectivity index (χ2n) is 2.74. The van der Waals surface area contributed by atoms with Crippen LogP contribution >= 0.6 is 11.6 Å². The molecule has 1 rings (SSSR count). The van der Waals surface area contributed by atoms with Gasteiger partial charge in [0, 0.05) is 13.1 Å². The van der Waals surface area contributed by atoms with Gasteiger partial charge in [-0.2, -0.15) is 0 Å². The van der Waals surface area contributed by atoms with Crippen molar-refractivity contribution in [2.24, 2.45) is 0 Å². The van der Waals surface area contributed by atoms with Crippen molar-refractivity contribution in [1.29, 1.82) is 0 Å². The molecular weight excluding hydrogens is 228 g/mol. The highest BCUT2D eigenvalue weighted by Gasteiger charge is 2.03. The lowest BCUT2D eigenvalue weighted by Gasteiger charge is -2.04. The lowest BCUT2D eigenvalue weighted by Crippen LogP contribution is -2.26. The van der Waals surface area contributed by atoms with Crippen molar-refractivity contribution >= 4 is 21.6 Å². The first-order valence-electron chi connectivity index (χ1n) is 3.90. The van der Waals surface area contributed by atoms with E-state index in [1.54, 1.807) is 4.57 Å². The molecule has 8 heteroatoms. The molecule has 0 aliphatic rings. The Hall–Kier alpha value is -0.660. The van der Waals surface area contributed by atoms with Crippen LogP contribution in [-0.2, 0) is 22.4 Å². The van der Waals surface area contributed by atoms with Crippen LogP contribution in [0.25, 0.3) is 0 Å². The molecular formula is C6H11ClN4O2S. The van der Waals surface area contributed by atoms with E-state index >= 15 is 0 Å². The summed E-state index contributed by atoms with van der Waals surface area (Å²) in [6.45, 7) is 0.781. The van der Waals surface area contributed by atoms with Gasteiger partial charge in [0.25, 0.3) is 0 Å². The van der Waals surface area contributed by atoms with E-state index in [1.165, 1.54) is 6.33 Å². The molecule has 0 unspecified atom stereocenters. The highest BCUT2D eigenvalue weighted by Crippen LogP contribution is 1.98. The first kappa shape index (κ1) is 11.4. The fourth-order valence-electron chi connectivity index (χ4n) is 0.921. The fraction of sp³-hybridized carbons (Fsp3) is 0.667. The van der Waals surface area contributed by atoms with Crippen molar-refractivity contribution in [1.82, 2.24) is 19.5 Å². The molecule has 0 saturated carbocycles. The number of aromatic nitrogens is 3. The topological polar surface area (TPSA) is 76.9 Å². The van der Waals surface area contributed by atoms with Crippen LogP contribution < -0.4 is 4.72 Å². The molecule has 1 aromatic rings. The molecule has 1 N–H and O–H groups in total. The Morgan fingerprint density at radius 1 is 1.64 bits per heavy atom. The molecule has 0 aliphatic heterocycles. The third kappa shape index (κ3) is 3.60. The molecule has 0 aromatic carbocycles. The zero-order valence-corrected chi connectivity index (χ0v) is 9.22. The first-order chi connectivity index (χ1) is 6.53. The average Bonchev–Trinajstić information content (AvgIpc) is 2.49. The molecule has 1 aromatic heterocycles. The van der Waals surface area contributed by atoms with E-state index < -0.39 is 10.0 Å². The summed E-state index contributed by atoms with van der Waals surface area (Å²) in [5, 5.41) is 7.41. The predicted octanol–water partition coefficient (Wildman–Crippen LogP) is -0.434. The molecule has 0 bridgehead atoms. The highest BCUT2D eigenvalue weighted by atomic mass is 35.5. The minimum atomic E-state index is -3.13. The van der Waals surface area contributed by atoms with Gasteiger partial charge >= 0.3 is 0 Å². The van der Waals surface area contributed by atoms with Crippen LogP contribution in [0, 0.1) is 0 Å². The molecule has 0 aliphatic carbocycles. The monoisotopic (exact) mass is 238 g/mol. The van der Waals surface area contributed by atoms with Gasteiger partial charge < -0.3 is 4.57 Å². The third-order valence-corrected chi connectivity index (χ3v) is 2.50. The number of nitrogens with zero attached hydrogens (tertiary/aromatic N) is 3. The second-order valence-corrected chi connectivity index (χ2v) is 4.84. The summed E-state index contributed by atoms with van der Waals surface area (Å²) in [5.74, 6) is 0.890. The van der Waals surface area contributed by atoms with Gasteiger partial charge in [-0.3, -0.25) is 0 Å². The number of nitrogens with one attached hydrogen (secondary N) is 1. The number of hydrogen-bond donors (Lipinski definition) is 1. The number of alkyl halides is 1. The zero-order chi connectivity index (χ0) is 10.6. The van der Waals surface area contributed by atoms with Gasteiger partial charge in [0.05, 0.1) is 12.1 Å². The Kier molecular flexibility index (Phi) is 3.85. The standard InChI is InChI=1S/C6H11ClN4O2S/c1-14(12,13)9-2-3-11-5-8-10-6(11)4-7/h5,9H,2-4H2,1H3. The molecule has 0 spiro atoms. The number of rotatable bonds is 5. The first-order valence-corrected chi connectivity index (χ1v) is 6.33. The molecule has 0 atom stereocenters. The Morgan fingerprint density at radius 2 is 2.36 bits per heavy atom. The SMILES string of the molecule is CS(=O)(=O)NCCn1cnnc1CCl. The van der Waals surface area contributed by atoms with Crippen molar-refractivity contribution in [3.63, 3.8) is 0 Å². The van der Waals surface area contributed by atoms with Crippen LogP contribution in [0.5, 0.6) is 0 Å². The van der Waals surface area contributed by atoms with Crippen molar-refractivity contribution in [3.05, 3.63) is 12.2 Å². The summed E-state index contributed by atoms with van der Waals surface area (Å²) < 4.78 is 25.5. The zero-order valence-electron chi connectivity index (χ0n) is 7.64. The molecule has 0 fully saturated rings. The highest BCUT2D eigenvalue weighted by molar-refractivity contribution is 7.88. The molecule has 6 nitrogen and oxygen atoms in total. The lowest BCUT2D eigenvalue weighted by atomic mass is 10.6. The fourth-order valence-corrected chi connectivity index (χ4v) is 1.59. The van der Waals surface area contributed by atoms with Crippen LogP contribution in [0.1, 0.15) is 5.82 Å². The summed E-state index contributed by atoms with van der Waals surface area (Å²) >= 11 is 5.58. The van der Waals surface area contributed by atoms with E-state index in [-0.39, 0.29) is 5.88 Å². The van der Waals surface area contributed by atoms with Crippen molar-refractivity contribution in [3.8, 4) is 0 Å². The third-order valence-electron chi connectivity index (χ3n) is 1.53. The number of hydrogen-bond acceptors (Lipinski definition) is 4. The molecule has 0 radical (unpaired) electrons. The largest absolute Gasteiger partial charge is 0.315 e. The normalized spacial score (nSPS) is 11.9. The smallest absolute Gasteiger partial charge is 0.208 e. The molecule has 1 heterocycles. The van der Waals surface area contributed by atoms with Gasteiger partial charge in [-0.25, -0.2) is 13.1 Å². The Labute approximate surface area is 87.3 Å². The maximum atomic E-state index is 10.7. The average molecular weight is 239 g/mol. The van der Waals surface area contributed by atoms with E-state index in [4.69, 9.17) is 11.6 Å². The van der Waals surface area contributed by atoms with E-state index in [2.05, 4.69) is 14.9 Å². The number of halogens is 1. The van der Waals surface area contributed by atoms with Gasteiger partial charge in [-0.1, -0.05) is 0 Å². The summed E-state index contributed by atoms with van der Waals surface area (Å²) in [5.41, 5.74) is 0. The summed E-state index contributed by atoms with van der Waals surface area (Å²) in [4.78, 5) is 0. The predicted molar refractivity (Wildman–Crippen MR) is 52.4 cm³/mol. The van der Waals surface area contributed by atoms with Crippen molar-refractivity contribution in [2.75, 3.05) is 12.8 Å². The second kappa shape index (κ2) is 4.72. The maximum Gasteiger partial charge on any atom is 0.208 e. The quantitative estimate of drug-likeness (QED) is 0.706. The Morgan fingerprint density at radius 3 is 2.93 bits per heavy atom. The molecule has 80 valence electrons. The van der Waals surface area contributed by atoms with Crippen LogP contribution in [0.3, 0.4) is 0 Å². The molecule has 0 saturated heterocycles. The minimum absolute atomic E-state index is 0.263. The van der Waals surface area contributed by atoms with E-state index in [1.807, 2.05) is 0 Å². The van der Waals surface area contributed by atoms with Crippen LogP contribution in [0.2, 0.25) is 0 Å². The van der Waals surface area contributed by atoms with Gasteiger partial charge in [-0.05, 0) is 0 Å². The van der Waals surface area contributed by atoms with Crippen LogP contribution in [-0.4, -0.2) is 36.0 Å². The van der Waals surface area contributed by atoms with E-state index in [9.17, 15) is 8.42 Å². The van der Waals surface area contributed by atoms with E-state index in [0.29, 0.717) is 18.9 Å². The number of sulfonamides is 1. The summed E-state index contributed by atoms with van der Waals surface area (Å²) in [6, 6.07) is 0. The van der Waals surface area contributed by atoms with Gasteiger partial charge in [0.15, 0.2) is 0 Å². The molecule has 0 amide bonds. The van der Waals surface area contributed by atoms with Crippen LogP contribution in [0.15, 0.2) is 6.33 Å². The van der Waals surface area contributed by atoms with Gasteiger partial charge in [0.2, 0.25) is 10.0 Å². The molecule has 14 heavy (non-hydrogen) atoms. The maximum absolute atomic E-state index is 10.7. The van der Waals surface area contributed by atoms with Crippen LogP contribution in [0.4, 0.5) is 0 Å². The Balaban J connectivity index is 2.46. The van der Waals surface area contributed by atoms with Crippen molar-refractivity contribution in [2.45, 2.75) is 12.4 Å². The summed E-state index contributed by atoms with van der Waals surface area (Å²) in [7, 11) is -3.13. The van der Waals surface area contributed by atoms with Gasteiger partial charge in [-0.15, -0.1) is 21.8 Å².